The van der Waals surface area contributed by atoms with Crippen LogP contribution < -0.4 is 0 Å². The van der Waals surface area contributed by atoms with Crippen molar-refractivity contribution in [2.75, 3.05) is 18.8 Å². The van der Waals surface area contributed by atoms with Gasteiger partial charge in [-0.1, -0.05) is 65.3 Å². The number of benzene rings is 2. The Labute approximate surface area is 203 Å². The zero-order valence-corrected chi connectivity index (χ0v) is 20.2. The van der Waals surface area contributed by atoms with E-state index in [0.29, 0.717) is 22.4 Å². The summed E-state index contributed by atoms with van der Waals surface area (Å²) in [6.45, 7) is 1.84. The molecule has 0 aliphatic carbocycles. The minimum absolute atomic E-state index is 0.292. The Hall–Kier alpha value is -2.02. The maximum absolute atomic E-state index is 12.4. The van der Waals surface area contributed by atoms with Crippen LogP contribution >= 0.6 is 35.0 Å². The van der Waals surface area contributed by atoms with Crippen LogP contribution in [0.15, 0.2) is 53.7 Å². The summed E-state index contributed by atoms with van der Waals surface area (Å²) in [7, 11) is 0. The molecule has 1 fully saturated rings. The number of hydrogen-bond donors (Lipinski definition) is 0. The molecule has 0 unspecified atom stereocenters. The third-order valence-electron chi connectivity index (χ3n) is 5.55. The Morgan fingerprint density at radius 2 is 1.72 bits per heavy atom. The summed E-state index contributed by atoms with van der Waals surface area (Å²) in [4.78, 5) is 14.4. The van der Waals surface area contributed by atoms with E-state index in [1.807, 2.05) is 51.9 Å². The monoisotopic (exact) mass is 488 g/mol. The lowest BCUT2D eigenvalue weighted by atomic mass is 10.1. The first-order valence-electron chi connectivity index (χ1n) is 11.0. The molecule has 168 valence electrons. The fraction of sp³-hybridized carbons (Fsp3) is 0.375. The van der Waals surface area contributed by atoms with Crippen LogP contribution in [0.4, 0.5) is 0 Å². The van der Waals surface area contributed by atoms with Gasteiger partial charge < -0.3 is 4.90 Å². The number of unbranched alkanes of at least 4 members (excludes halogenated alkanes) is 1. The molecule has 1 aliphatic rings. The SMILES string of the molecule is O=C(CCCCSc1nnc(-c2ccccc2)n1-c1ccc(Cl)c(Cl)c1)N1CCCCC1. The Morgan fingerprint density at radius 3 is 2.47 bits per heavy atom. The summed E-state index contributed by atoms with van der Waals surface area (Å²) in [5.74, 6) is 1.91. The lowest BCUT2D eigenvalue weighted by molar-refractivity contribution is -0.132. The predicted octanol–water partition coefficient (Wildman–Crippen LogP) is 6.52. The van der Waals surface area contributed by atoms with Crippen molar-refractivity contribution in [3.63, 3.8) is 0 Å². The summed E-state index contributed by atoms with van der Waals surface area (Å²) < 4.78 is 2.01. The van der Waals surface area contributed by atoms with E-state index in [4.69, 9.17) is 23.2 Å². The van der Waals surface area contributed by atoms with Crippen LogP contribution in [0.1, 0.15) is 38.5 Å². The van der Waals surface area contributed by atoms with Crippen molar-refractivity contribution in [1.29, 1.82) is 0 Å². The van der Waals surface area contributed by atoms with E-state index >= 15 is 0 Å². The van der Waals surface area contributed by atoms with E-state index in [1.54, 1.807) is 17.8 Å². The maximum Gasteiger partial charge on any atom is 0.222 e. The van der Waals surface area contributed by atoms with Crippen LogP contribution in [-0.2, 0) is 4.79 Å². The standard InChI is InChI=1S/C24H26Cl2N4OS/c25-20-13-12-19(17-21(20)26)30-23(18-9-3-1-4-10-18)27-28-24(30)32-16-8-5-11-22(31)29-14-6-2-7-15-29/h1,3-4,9-10,12-13,17H,2,5-8,11,14-16H2. The molecule has 1 amide bonds. The third kappa shape index (κ3) is 5.66. The number of likely N-dealkylation sites (tertiary alicyclic amines) is 1. The first-order chi connectivity index (χ1) is 15.6. The van der Waals surface area contributed by atoms with Gasteiger partial charge in [-0.15, -0.1) is 10.2 Å². The lowest BCUT2D eigenvalue weighted by Crippen LogP contribution is -2.35. The van der Waals surface area contributed by atoms with E-state index in [9.17, 15) is 4.79 Å². The van der Waals surface area contributed by atoms with Crippen LogP contribution in [0.5, 0.6) is 0 Å². The van der Waals surface area contributed by atoms with Gasteiger partial charge in [0.15, 0.2) is 11.0 Å². The van der Waals surface area contributed by atoms with Crippen LogP contribution in [0.25, 0.3) is 17.1 Å². The zero-order chi connectivity index (χ0) is 22.3. The minimum atomic E-state index is 0.292. The third-order valence-corrected chi connectivity index (χ3v) is 7.31. The van der Waals surface area contributed by atoms with Crippen LogP contribution in [0, 0.1) is 0 Å². The van der Waals surface area contributed by atoms with Gasteiger partial charge in [0.1, 0.15) is 0 Å². The van der Waals surface area contributed by atoms with Crippen molar-refractivity contribution < 1.29 is 4.79 Å². The number of thioether (sulfide) groups is 1. The van der Waals surface area contributed by atoms with E-state index in [1.165, 1.54) is 6.42 Å². The van der Waals surface area contributed by atoms with Crippen molar-refractivity contribution in [1.82, 2.24) is 19.7 Å². The van der Waals surface area contributed by atoms with Gasteiger partial charge in [-0.2, -0.15) is 0 Å². The summed E-state index contributed by atoms with van der Waals surface area (Å²) in [5, 5.41) is 10.7. The molecule has 8 heteroatoms. The quantitative estimate of drug-likeness (QED) is 0.267. The number of amides is 1. The summed E-state index contributed by atoms with van der Waals surface area (Å²) in [6, 6.07) is 15.5. The second kappa shape index (κ2) is 11.2. The fourth-order valence-electron chi connectivity index (χ4n) is 3.84. The molecule has 4 rings (SSSR count). The van der Waals surface area contributed by atoms with Gasteiger partial charge >= 0.3 is 0 Å². The molecule has 2 heterocycles. The molecule has 1 aromatic heterocycles. The molecule has 0 bridgehead atoms. The number of hydrogen-bond acceptors (Lipinski definition) is 4. The average molecular weight is 489 g/mol. The van der Waals surface area contributed by atoms with Gasteiger partial charge in [0.25, 0.3) is 0 Å². The zero-order valence-electron chi connectivity index (χ0n) is 17.8. The smallest absolute Gasteiger partial charge is 0.222 e. The van der Waals surface area contributed by atoms with E-state index in [-0.39, 0.29) is 0 Å². The van der Waals surface area contributed by atoms with Gasteiger partial charge in [-0.25, -0.2) is 0 Å². The van der Waals surface area contributed by atoms with Crippen molar-refractivity contribution >= 4 is 40.9 Å². The van der Waals surface area contributed by atoms with Gasteiger partial charge in [0, 0.05) is 30.8 Å². The highest BCUT2D eigenvalue weighted by molar-refractivity contribution is 7.99. The number of carbonyl (C=O) groups excluding carboxylic acids is 1. The van der Waals surface area contributed by atoms with Gasteiger partial charge in [-0.05, 0) is 50.3 Å². The van der Waals surface area contributed by atoms with Crippen molar-refractivity contribution in [3.8, 4) is 17.1 Å². The van der Waals surface area contributed by atoms with Crippen LogP contribution in [-0.4, -0.2) is 44.4 Å². The van der Waals surface area contributed by atoms with Crippen molar-refractivity contribution in [3.05, 3.63) is 58.6 Å². The molecule has 0 saturated carbocycles. The molecule has 2 aromatic carbocycles. The molecule has 0 spiro atoms. The number of halogens is 2. The van der Waals surface area contributed by atoms with Crippen LogP contribution in [0.3, 0.4) is 0 Å². The molecular formula is C24H26Cl2N4OS. The second-order valence-electron chi connectivity index (χ2n) is 7.85. The van der Waals surface area contributed by atoms with E-state index < -0.39 is 0 Å². The molecule has 1 saturated heterocycles. The highest BCUT2D eigenvalue weighted by Gasteiger charge is 2.18. The number of carbonyl (C=O) groups is 1. The molecular weight excluding hydrogens is 463 g/mol. The van der Waals surface area contributed by atoms with Gasteiger partial charge in [-0.3, -0.25) is 9.36 Å². The molecule has 5 nitrogen and oxygen atoms in total. The normalized spacial score (nSPS) is 14.0. The first kappa shape index (κ1) is 23.1. The number of nitrogens with zero attached hydrogens (tertiary/aromatic N) is 4. The molecule has 0 N–H and O–H groups in total. The Kier molecular flexibility index (Phi) is 8.11. The molecule has 1 aliphatic heterocycles. The maximum atomic E-state index is 12.4. The average Bonchev–Trinajstić information content (AvgIpc) is 3.25. The Bertz CT molecular complexity index is 1050. The summed E-state index contributed by atoms with van der Waals surface area (Å²) in [5.41, 5.74) is 1.84. The van der Waals surface area contributed by atoms with Crippen molar-refractivity contribution in [2.45, 2.75) is 43.7 Å². The predicted molar refractivity (Wildman–Crippen MR) is 132 cm³/mol. The molecule has 3 aromatic rings. The Balaban J connectivity index is 1.43. The number of aromatic nitrogens is 3. The number of piperidine rings is 1. The topological polar surface area (TPSA) is 51.0 Å². The number of rotatable bonds is 8. The molecule has 0 radical (unpaired) electrons. The van der Waals surface area contributed by atoms with Gasteiger partial charge in [0.2, 0.25) is 5.91 Å². The largest absolute Gasteiger partial charge is 0.343 e. The summed E-state index contributed by atoms with van der Waals surface area (Å²) in [6.07, 6.45) is 5.96. The highest BCUT2D eigenvalue weighted by Crippen LogP contribution is 2.31. The molecule has 32 heavy (non-hydrogen) atoms. The van der Waals surface area contributed by atoms with E-state index in [0.717, 1.165) is 66.8 Å². The second-order valence-corrected chi connectivity index (χ2v) is 9.73. The van der Waals surface area contributed by atoms with Crippen molar-refractivity contribution in [2.24, 2.45) is 0 Å². The lowest BCUT2D eigenvalue weighted by Gasteiger charge is -2.26. The molecule has 0 atom stereocenters. The van der Waals surface area contributed by atoms with Gasteiger partial charge in [0.05, 0.1) is 15.7 Å². The van der Waals surface area contributed by atoms with E-state index in [2.05, 4.69) is 10.2 Å². The highest BCUT2D eigenvalue weighted by atomic mass is 35.5. The summed E-state index contributed by atoms with van der Waals surface area (Å²) >= 11 is 14.1. The van der Waals surface area contributed by atoms with Crippen LogP contribution in [0.2, 0.25) is 10.0 Å². The first-order valence-corrected chi connectivity index (χ1v) is 12.7. The Morgan fingerprint density at radius 1 is 0.938 bits per heavy atom. The fourth-order valence-corrected chi connectivity index (χ4v) is 5.08. The minimum Gasteiger partial charge on any atom is -0.343 e.